The molecule has 1 aromatic heterocycles. The van der Waals surface area contributed by atoms with Gasteiger partial charge in [0.2, 0.25) is 0 Å². The molecule has 26 heavy (non-hydrogen) atoms. The van der Waals surface area contributed by atoms with Crippen molar-refractivity contribution in [3.63, 3.8) is 0 Å². The van der Waals surface area contributed by atoms with E-state index in [1.807, 2.05) is 0 Å². The van der Waals surface area contributed by atoms with Crippen molar-refractivity contribution >= 4 is 62.3 Å². The Morgan fingerprint density at radius 2 is 1.54 bits per heavy atom. The summed E-state index contributed by atoms with van der Waals surface area (Å²) >= 11 is 15.0. The molecular formula is C18H11BrCl2N2O3. The molecule has 1 heterocycles. The number of benzene rings is 2. The minimum absolute atomic E-state index is 0.107. The van der Waals surface area contributed by atoms with Crippen LogP contribution >= 0.6 is 39.1 Å². The Kier molecular flexibility index (Phi) is 5.66. The van der Waals surface area contributed by atoms with E-state index in [1.54, 1.807) is 42.5 Å². The number of hydrogen-bond acceptors (Lipinski definition) is 3. The van der Waals surface area contributed by atoms with Crippen molar-refractivity contribution in [1.82, 2.24) is 0 Å². The van der Waals surface area contributed by atoms with Crippen molar-refractivity contribution < 1.29 is 14.0 Å². The van der Waals surface area contributed by atoms with Gasteiger partial charge >= 0.3 is 0 Å². The molecule has 132 valence electrons. The van der Waals surface area contributed by atoms with Gasteiger partial charge in [-0.05, 0) is 70.5 Å². The molecule has 0 atom stereocenters. The summed E-state index contributed by atoms with van der Waals surface area (Å²) in [7, 11) is 0. The van der Waals surface area contributed by atoms with Gasteiger partial charge in [0, 0.05) is 15.7 Å². The number of furan rings is 1. The maximum Gasteiger partial charge on any atom is 0.291 e. The van der Waals surface area contributed by atoms with Crippen LogP contribution in [0.1, 0.15) is 20.9 Å². The van der Waals surface area contributed by atoms with E-state index in [9.17, 15) is 9.59 Å². The van der Waals surface area contributed by atoms with Crippen LogP contribution in [0.5, 0.6) is 0 Å². The number of carbonyl (C=O) groups is 2. The molecule has 0 spiro atoms. The molecule has 5 nitrogen and oxygen atoms in total. The van der Waals surface area contributed by atoms with E-state index in [-0.39, 0.29) is 11.3 Å². The highest BCUT2D eigenvalue weighted by Gasteiger charge is 2.17. The first-order valence-electron chi connectivity index (χ1n) is 7.35. The first kappa shape index (κ1) is 18.5. The van der Waals surface area contributed by atoms with Crippen LogP contribution in [0.4, 0.5) is 11.4 Å². The highest BCUT2D eigenvalue weighted by Crippen LogP contribution is 2.24. The summed E-state index contributed by atoms with van der Waals surface area (Å²) in [5.41, 5.74) is 1.08. The molecule has 0 aliphatic carbocycles. The van der Waals surface area contributed by atoms with E-state index in [1.165, 1.54) is 12.1 Å². The average Bonchev–Trinajstić information content (AvgIpc) is 3.05. The minimum atomic E-state index is -0.487. The van der Waals surface area contributed by atoms with Crippen molar-refractivity contribution in [2.24, 2.45) is 0 Å². The zero-order chi connectivity index (χ0) is 18.7. The Morgan fingerprint density at radius 1 is 0.846 bits per heavy atom. The predicted molar refractivity (Wildman–Crippen MR) is 105 cm³/mol. The Bertz CT molecular complexity index is 971. The fourth-order valence-electron chi connectivity index (χ4n) is 2.17. The molecule has 8 heteroatoms. The Balaban J connectivity index is 1.84. The van der Waals surface area contributed by atoms with Gasteiger partial charge in [-0.25, -0.2) is 0 Å². The third-order valence-electron chi connectivity index (χ3n) is 3.37. The first-order valence-corrected chi connectivity index (χ1v) is 8.90. The van der Waals surface area contributed by atoms with Crippen LogP contribution in [0.15, 0.2) is 63.7 Å². The van der Waals surface area contributed by atoms with Crippen molar-refractivity contribution in [2.75, 3.05) is 10.6 Å². The van der Waals surface area contributed by atoms with Gasteiger partial charge < -0.3 is 15.1 Å². The number of hydrogen-bond donors (Lipinski definition) is 2. The second kappa shape index (κ2) is 7.95. The number of rotatable bonds is 4. The van der Waals surface area contributed by atoms with Crippen LogP contribution in [0.2, 0.25) is 10.0 Å². The SMILES string of the molecule is O=C(Nc1ccc(Cl)cc1C(=O)Nc1ccc(Cl)cc1)c1ccc(Br)o1. The fourth-order valence-corrected chi connectivity index (χ4v) is 2.77. The van der Waals surface area contributed by atoms with Crippen molar-refractivity contribution in [3.05, 3.63) is 80.6 Å². The van der Waals surface area contributed by atoms with Gasteiger partial charge in [-0.1, -0.05) is 23.2 Å². The maximum atomic E-state index is 12.6. The topological polar surface area (TPSA) is 71.3 Å². The standard InChI is InChI=1S/C18H11BrCl2N2O3/c19-16-8-7-15(26-16)18(25)23-14-6-3-11(21)9-13(14)17(24)22-12-4-1-10(20)2-5-12/h1-9H,(H,22,24)(H,23,25). The quantitative estimate of drug-likeness (QED) is 0.520. The van der Waals surface area contributed by atoms with Crippen molar-refractivity contribution in [1.29, 1.82) is 0 Å². The molecule has 0 fully saturated rings. The van der Waals surface area contributed by atoms with Gasteiger partial charge in [0.1, 0.15) is 0 Å². The lowest BCUT2D eigenvalue weighted by Gasteiger charge is -2.11. The second-order valence-corrected chi connectivity index (χ2v) is 6.86. The molecule has 3 aromatic rings. The summed E-state index contributed by atoms with van der Waals surface area (Å²) in [6, 6.07) is 14.4. The summed E-state index contributed by atoms with van der Waals surface area (Å²) in [5.74, 6) is -0.805. The first-order chi connectivity index (χ1) is 12.4. The van der Waals surface area contributed by atoms with Crippen LogP contribution in [-0.4, -0.2) is 11.8 Å². The molecule has 2 N–H and O–H groups in total. The molecule has 3 rings (SSSR count). The lowest BCUT2D eigenvalue weighted by molar-refractivity contribution is 0.0995. The van der Waals surface area contributed by atoms with Crippen LogP contribution in [-0.2, 0) is 0 Å². The lowest BCUT2D eigenvalue weighted by Crippen LogP contribution is -2.18. The molecule has 0 unspecified atom stereocenters. The molecular weight excluding hydrogens is 443 g/mol. The Hall–Kier alpha value is -2.28. The predicted octanol–water partition coefficient (Wildman–Crippen LogP) is 5.85. The van der Waals surface area contributed by atoms with Crippen LogP contribution < -0.4 is 10.6 Å². The zero-order valence-electron chi connectivity index (χ0n) is 13.1. The smallest absolute Gasteiger partial charge is 0.291 e. The molecule has 0 aliphatic rings. The van der Waals surface area contributed by atoms with Crippen LogP contribution in [0.25, 0.3) is 0 Å². The highest BCUT2D eigenvalue weighted by atomic mass is 79.9. The lowest BCUT2D eigenvalue weighted by atomic mass is 10.1. The van der Waals surface area contributed by atoms with E-state index in [4.69, 9.17) is 27.6 Å². The van der Waals surface area contributed by atoms with E-state index in [0.717, 1.165) is 0 Å². The second-order valence-electron chi connectivity index (χ2n) is 5.21. The minimum Gasteiger partial charge on any atom is -0.444 e. The maximum absolute atomic E-state index is 12.6. The highest BCUT2D eigenvalue weighted by molar-refractivity contribution is 9.10. The molecule has 0 radical (unpaired) electrons. The van der Waals surface area contributed by atoms with E-state index < -0.39 is 11.8 Å². The van der Waals surface area contributed by atoms with Gasteiger partial charge in [-0.15, -0.1) is 0 Å². The third-order valence-corrected chi connectivity index (χ3v) is 4.29. The van der Waals surface area contributed by atoms with Crippen LogP contribution in [0.3, 0.4) is 0 Å². The average molecular weight is 454 g/mol. The molecule has 0 saturated carbocycles. The molecule has 2 aromatic carbocycles. The summed E-state index contributed by atoms with van der Waals surface area (Å²) in [4.78, 5) is 24.9. The summed E-state index contributed by atoms with van der Waals surface area (Å²) < 4.78 is 5.64. The molecule has 0 saturated heterocycles. The van der Waals surface area contributed by atoms with Gasteiger partial charge in [-0.2, -0.15) is 0 Å². The number of halogens is 3. The van der Waals surface area contributed by atoms with Gasteiger partial charge in [0.25, 0.3) is 11.8 Å². The summed E-state index contributed by atoms with van der Waals surface area (Å²) in [5, 5.41) is 6.31. The molecule has 0 aliphatic heterocycles. The number of anilines is 2. The van der Waals surface area contributed by atoms with Gasteiger partial charge in [0.05, 0.1) is 11.3 Å². The van der Waals surface area contributed by atoms with E-state index >= 15 is 0 Å². The molecule has 2 amide bonds. The molecule has 0 bridgehead atoms. The van der Waals surface area contributed by atoms with Crippen LogP contribution in [0, 0.1) is 0 Å². The van der Waals surface area contributed by atoms with Crippen molar-refractivity contribution in [2.45, 2.75) is 0 Å². The Labute approximate surface area is 167 Å². The number of carbonyl (C=O) groups excluding carboxylic acids is 2. The zero-order valence-corrected chi connectivity index (χ0v) is 16.2. The fraction of sp³-hybridized carbons (Fsp3) is 0. The normalized spacial score (nSPS) is 10.4. The third kappa shape index (κ3) is 4.46. The summed E-state index contributed by atoms with van der Waals surface area (Å²) in [6.07, 6.45) is 0. The van der Waals surface area contributed by atoms with Gasteiger partial charge in [-0.3, -0.25) is 9.59 Å². The monoisotopic (exact) mass is 452 g/mol. The summed E-state index contributed by atoms with van der Waals surface area (Å²) in [6.45, 7) is 0. The largest absolute Gasteiger partial charge is 0.444 e. The van der Waals surface area contributed by atoms with E-state index in [0.29, 0.717) is 26.1 Å². The van der Waals surface area contributed by atoms with Crippen molar-refractivity contribution in [3.8, 4) is 0 Å². The van der Waals surface area contributed by atoms with Gasteiger partial charge in [0.15, 0.2) is 10.4 Å². The van der Waals surface area contributed by atoms with E-state index in [2.05, 4.69) is 26.6 Å². The number of nitrogens with one attached hydrogen (secondary N) is 2. The number of amides is 2. The Morgan fingerprint density at radius 3 is 2.19 bits per heavy atom.